The summed E-state index contributed by atoms with van der Waals surface area (Å²) in [6.07, 6.45) is -2.38. The molecule has 7 heteroatoms. The van der Waals surface area contributed by atoms with Crippen LogP contribution in [0.15, 0.2) is 0 Å². The first-order valence-corrected chi connectivity index (χ1v) is 6.11. The Labute approximate surface area is 109 Å². The molecule has 0 bridgehead atoms. The van der Waals surface area contributed by atoms with Crippen molar-refractivity contribution in [3.8, 4) is 0 Å². The van der Waals surface area contributed by atoms with E-state index in [9.17, 15) is 8.78 Å². The van der Waals surface area contributed by atoms with E-state index in [1.807, 2.05) is 6.92 Å². The van der Waals surface area contributed by atoms with E-state index in [0.717, 1.165) is 11.3 Å². The van der Waals surface area contributed by atoms with Gasteiger partial charge in [-0.15, -0.1) is 11.6 Å². The molecule has 0 saturated carbocycles. The van der Waals surface area contributed by atoms with Crippen molar-refractivity contribution >= 4 is 23.2 Å². The molecule has 0 fully saturated rings. The van der Waals surface area contributed by atoms with E-state index in [4.69, 9.17) is 23.2 Å². The molecule has 0 saturated heterocycles. The topological polar surface area (TPSA) is 21.1 Å². The fourth-order valence-corrected chi connectivity index (χ4v) is 2.10. The molecule has 0 amide bonds. The molecule has 0 aliphatic heterocycles. The van der Waals surface area contributed by atoms with Gasteiger partial charge in [0.05, 0.1) is 12.2 Å². The Morgan fingerprint density at radius 3 is 2.53 bits per heavy atom. The maximum atomic E-state index is 12.4. The van der Waals surface area contributed by atoms with Gasteiger partial charge in [0.25, 0.3) is 6.43 Å². The molecule has 0 radical (unpaired) electrons. The number of aryl methyl sites for hydroxylation is 2. The van der Waals surface area contributed by atoms with Crippen molar-refractivity contribution < 1.29 is 8.78 Å². The maximum Gasteiger partial charge on any atom is 0.251 e. The van der Waals surface area contributed by atoms with Gasteiger partial charge >= 0.3 is 0 Å². The third-order valence-corrected chi connectivity index (χ3v) is 3.09. The molecule has 0 spiro atoms. The summed E-state index contributed by atoms with van der Waals surface area (Å²) < 4.78 is 26.3. The molecule has 0 aliphatic carbocycles. The van der Waals surface area contributed by atoms with Gasteiger partial charge in [-0.3, -0.25) is 9.58 Å². The van der Waals surface area contributed by atoms with Crippen LogP contribution in [0.1, 0.15) is 11.3 Å². The van der Waals surface area contributed by atoms with Crippen molar-refractivity contribution in [2.24, 2.45) is 7.05 Å². The molecule has 0 N–H and O–H groups in total. The summed E-state index contributed by atoms with van der Waals surface area (Å²) in [5.41, 5.74) is 1.53. The smallest absolute Gasteiger partial charge is 0.251 e. The minimum Gasteiger partial charge on any atom is -0.292 e. The van der Waals surface area contributed by atoms with Crippen molar-refractivity contribution in [2.75, 3.05) is 19.0 Å². The van der Waals surface area contributed by atoms with Gasteiger partial charge in [0.2, 0.25) is 0 Å². The predicted octanol–water partition coefficient (Wildman–Crippen LogP) is 2.69. The van der Waals surface area contributed by atoms with Crippen LogP contribution >= 0.6 is 23.2 Å². The van der Waals surface area contributed by atoms with E-state index < -0.39 is 6.43 Å². The van der Waals surface area contributed by atoms with Crippen LogP contribution in [0.2, 0.25) is 5.15 Å². The number of rotatable bonds is 6. The summed E-state index contributed by atoms with van der Waals surface area (Å²) in [5.74, 6) is 0.309. The lowest BCUT2D eigenvalue weighted by molar-refractivity contribution is 0.0877. The number of halogens is 4. The van der Waals surface area contributed by atoms with Crippen LogP contribution in [0, 0.1) is 6.92 Å². The second-order valence-electron chi connectivity index (χ2n) is 3.79. The number of hydrogen-bond donors (Lipinski definition) is 0. The lowest BCUT2D eigenvalue weighted by Crippen LogP contribution is -2.30. The largest absolute Gasteiger partial charge is 0.292 e. The first-order valence-electron chi connectivity index (χ1n) is 5.20. The Balaban J connectivity index is 2.78. The monoisotopic (exact) mass is 285 g/mol. The van der Waals surface area contributed by atoms with Crippen molar-refractivity contribution in [3.05, 3.63) is 16.4 Å². The fraction of sp³-hybridized carbons (Fsp3) is 0.700. The van der Waals surface area contributed by atoms with Gasteiger partial charge in [0.15, 0.2) is 0 Å². The van der Waals surface area contributed by atoms with Gasteiger partial charge in [-0.25, -0.2) is 8.78 Å². The minimum atomic E-state index is -2.38. The zero-order chi connectivity index (χ0) is 13.0. The summed E-state index contributed by atoms with van der Waals surface area (Å²) in [6, 6.07) is 0. The molecule has 0 aliphatic rings. The number of nitrogens with zero attached hydrogens (tertiary/aromatic N) is 3. The van der Waals surface area contributed by atoms with Gasteiger partial charge < -0.3 is 0 Å². The van der Waals surface area contributed by atoms with Gasteiger partial charge in [0.1, 0.15) is 5.15 Å². The van der Waals surface area contributed by atoms with Gasteiger partial charge in [-0.05, 0) is 6.92 Å². The van der Waals surface area contributed by atoms with Gasteiger partial charge in [0, 0.05) is 31.6 Å². The van der Waals surface area contributed by atoms with Crippen molar-refractivity contribution in [3.63, 3.8) is 0 Å². The molecule has 1 heterocycles. The van der Waals surface area contributed by atoms with Crippen LogP contribution in [0.25, 0.3) is 0 Å². The number of hydrogen-bond acceptors (Lipinski definition) is 2. The Morgan fingerprint density at radius 1 is 1.47 bits per heavy atom. The average Bonchev–Trinajstić information content (AvgIpc) is 2.44. The third kappa shape index (κ3) is 4.08. The molecule has 1 aromatic heterocycles. The SMILES string of the molecule is Cc1nn(C)c(Cl)c1CN(CCCl)CC(F)F. The van der Waals surface area contributed by atoms with E-state index >= 15 is 0 Å². The number of aromatic nitrogens is 2. The number of alkyl halides is 3. The second-order valence-corrected chi connectivity index (χ2v) is 4.53. The molecule has 0 atom stereocenters. The van der Waals surface area contributed by atoms with E-state index in [0.29, 0.717) is 24.1 Å². The van der Waals surface area contributed by atoms with Gasteiger partial charge in [-0.2, -0.15) is 5.10 Å². The predicted molar refractivity (Wildman–Crippen MR) is 65.0 cm³/mol. The standard InChI is InChI=1S/C10H15Cl2F2N3/c1-7-8(10(12)16(2)15-7)5-17(4-3-11)6-9(13)14/h9H,3-6H2,1-2H3. The van der Waals surface area contributed by atoms with Crippen LogP contribution in [-0.2, 0) is 13.6 Å². The maximum absolute atomic E-state index is 12.4. The first kappa shape index (κ1) is 14.7. The summed E-state index contributed by atoms with van der Waals surface area (Å²) in [6.45, 7) is 2.24. The van der Waals surface area contributed by atoms with E-state index in [-0.39, 0.29) is 6.54 Å². The molecule has 98 valence electrons. The summed E-state index contributed by atoms with van der Waals surface area (Å²) in [7, 11) is 1.72. The van der Waals surface area contributed by atoms with Crippen molar-refractivity contribution in [2.45, 2.75) is 19.9 Å². The van der Waals surface area contributed by atoms with E-state index in [1.165, 1.54) is 4.68 Å². The Bertz CT molecular complexity index is 369. The van der Waals surface area contributed by atoms with Crippen LogP contribution in [0.4, 0.5) is 8.78 Å². The second kappa shape index (κ2) is 6.52. The lowest BCUT2D eigenvalue weighted by atomic mass is 10.2. The highest BCUT2D eigenvalue weighted by molar-refractivity contribution is 6.30. The Morgan fingerprint density at radius 2 is 2.12 bits per heavy atom. The lowest BCUT2D eigenvalue weighted by Gasteiger charge is -2.20. The van der Waals surface area contributed by atoms with Crippen LogP contribution in [0.3, 0.4) is 0 Å². The quantitative estimate of drug-likeness (QED) is 0.750. The first-order chi connectivity index (χ1) is 7.95. The zero-order valence-corrected chi connectivity index (χ0v) is 11.3. The Kier molecular flexibility index (Phi) is 5.62. The van der Waals surface area contributed by atoms with Gasteiger partial charge in [-0.1, -0.05) is 11.6 Å². The highest BCUT2D eigenvalue weighted by Crippen LogP contribution is 2.20. The Hall–Kier alpha value is -0.390. The fourth-order valence-electron chi connectivity index (χ4n) is 1.63. The van der Waals surface area contributed by atoms with Crippen LogP contribution < -0.4 is 0 Å². The van der Waals surface area contributed by atoms with E-state index in [1.54, 1.807) is 11.9 Å². The molecule has 0 aromatic carbocycles. The van der Waals surface area contributed by atoms with Crippen LogP contribution in [-0.4, -0.2) is 40.1 Å². The molecule has 17 heavy (non-hydrogen) atoms. The molecular formula is C10H15Cl2F2N3. The summed E-state index contributed by atoms with van der Waals surface area (Å²) in [4.78, 5) is 1.58. The average molecular weight is 286 g/mol. The highest BCUT2D eigenvalue weighted by atomic mass is 35.5. The molecule has 0 unspecified atom stereocenters. The van der Waals surface area contributed by atoms with Crippen molar-refractivity contribution in [1.29, 1.82) is 0 Å². The van der Waals surface area contributed by atoms with Crippen molar-refractivity contribution in [1.82, 2.24) is 14.7 Å². The van der Waals surface area contributed by atoms with E-state index in [2.05, 4.69) is 5.10 Å². The minimum absolute atomic E-state index is 0.308. The van der Waals surface area contributed by atoms with Crippen LogP contribution in [0.5, 0.6) is 0 Å². The molecule has 3 nitrogen and oxygen atoms in total. The third-order valence-electron chi connectivity index (χ3n) is 2.45. The summed E-state index contributed by atoms with van der Waals surface area (Å²) >= 11 is 11.6. The molecule has 1 rings (SSSR count). The summed E-state index contributed by atoms with van der Waals surface area (Å²) in [5, 5.41) is 4.62. The normalized spacial score (nSPS) is 11.8. The zero-order valence-electron chi connectivity index (χ0n) is 9.76. The highest BCUT2D eigenvalue weighted by Gasteiger charge is 2.17. The molecule has 1 aromatic rings. The molecular weight excluding hydrogens is 271 g/mol.